The molecule has 7 rings (SSSR count). The molecule has 26 nitrogen and oxygen atoms in total. The van der Waals surface area contributed by atoms with Gasteiger partial charge in [0.1, 0.15) is 59.2 Å². The van der Waals surface area contributed by atoms with Crippen LogP contribution in [0.15, 0.2) is 109 Å². The number of ether oxygens (including phenoxy) is 4. The molecule has 0 amide bonds. The second-order valence-electron chi connectivity index (χ2n) is 19.5. The van der Waals surface area contributed by atoms with Gasteiger partial charge in [-0.2, -0.15) is 5.09 Å². The number of aliphatic hydroxyl groups is 5. The summed E-state index contributed by atoms with van der Waals surface area (Å²) < 4.78 is 113. The monoisotopic (exact) mass is 1320 g/mol. The van der Waals surface area contributed by atoms with E-state index in [2.05, 4.69) is 10.2 Å². The lowest BCUT2D eigenvalue weighted by molar-refractivity contribution is -0.149. The van der Waals surface area contributed by atoms with E-state index in [1.54, 1.807) is 83.1 Å². The van der Waals surface area contributed by atoms with Gasteiger partial charge in [-0.3, -0.25) is 42.8 Å². The molecule has 5 aromatic rings. The third kappa shape index (κ3) is 19.2. The Morgan fingerprint density at radius 1 is 0.718 bits per heavy atom. The number of nitrogens with one attached hydrogen (secondary N) is 4. The van der Waals surface area contributed by atoms with E-state index in [9.17, 15) is 63.4 Å². The molecular formula is C53H71Cl3N6O20P2S. The number of para-hydroxylation sites is 2. The van der Waals surface area contributed by atoms with Gasteiger partial charge in [-0.15, -0.1) is 0 Å². The smallest absolute Gasteiger partial charge is 0.459 e. The number of rotatable bonds is 20. The van der Waals surface area contributed by atoms with Crippen molar-refractivity contribution in [3.8, 4) is 11.5 Å². The van der Waals surface area contributed by atoms with E-state index in [0.717, 1.165) is 25.2 Å². The number of nitrogens with zero attached hydrogens (tertiary/aromatic N) is 2. The average molecular weight is 1320 g/mol. The first kappa shape index (κ1) is 62.9. The summed E-state index contributed by atoms with van der Waals surface area (Å²) >= 11 is 19.1. The molecule has 0 saturated carbocycles. The summed E-state index contributed by atoms with van der Waals surface area (Å²) in [6, 6.07) is 16.9. The topological polar surface area (TPSA) is 368 Å². The van der Waals surface area contributed by atoms with Crippen molar-refractivity contribution in [3.63, 3.8) is 0 Å². The largest absolute Gasteiger partial charge is 0.462 e. The van der Waals surface area contributed by atoms with E-state index in [1.807, 2.05) is 9.97 Å². The molecule has 2 saturated heterocycles. The fraction of sp³-hybridized carbons (Fsp3) is 0.472. The number of carbonyl (C=O) groups excluding carboxylic acids is 2. The Morgan fingerprint density at radius 2 is 1.13 bits per heavy atom. The van der Waals surface area contributed by atoms with Gasteiger partial charge in [0.25, 0.3) is 11.1 Å². The molecule has 2 aliphatic rings. The zero-order chi connectivity index (χ0) is 68.1. The van der Waals surface area contributed by atoms with Crippen molar-refractivity contribution in [1.29, 1.82) is 0 Å². The van der Waals surface area contributed by atoms with Crippen molar-refractivity contribution in [3.05, 3.63) is 153 Å². The molecule has 85 heavy (non-hydrogen) atoms. The molecule has 0 unspecified atom stereocenters. The van der Waals surface area contributed by atoms with Gasteiger partial charge in [-0.05, 0) is 117 Å². The molecule has 0 aliphatic carbocycles. The van der Waals surface area contributed by atoms with Crippen molar-refractivity contribution in [2.45, 2.75) is 154 Å². The van der Waals surface area contributed by atoms with Crippen LogP contribution >= 0.6 is 60.7 Å². The number of aliphatic hydroxyl groups excluding tert-OH is 2. The Balaban J connectivity index is 0.000000304. The number of benzene rings is 3. The zero-order valence-corrected chi connectivity index (χ0v) is 51.3. The summed E-state index contributed by atoms with van der Waals surface area (Å²) in [7, 11) is -4.81. The summed E-state index contributed by atoms with van der Waals surface area (Å²) in [5.41, 5.74) is -8.75. The predicted molar refractivity (Wildman–Crippen MR) is 317 cm³/mol. The lowest BCUT2D eigenvalue weighted by atomic mass is 9.96. The average Bonchev–Trinajstić information content (AvgIpc) is 1.61. The standard InChI is InChI=1S/C23H32N3O10P.C18H19Cl3NO4PS.C11H16N2O6.CH4/c1-13(2)34-20(29)15(4)25-37(32,36-16-9-7-6-8-10-16)33-12-17-18(27)23(5,31)21(35-17)26-11-14(3)19(28)24-22(26)30;1-11(2)25-18(23)12(3)22-27(24,26-13-7-5-4-6-8-13)28-17-10-15(20)14(19)9-16(17)21;1-5-3-13(10(17)12-8(5)16)9-11(2,18)7(15)6(4-14)19-9;/h6-11,13,15,17-18,21,27,31H,12H2,1-5H3,(H,25,32)(H,24,28,30);4-12H,1-3H3,(H,22,24);3,6-7,9,14-15,18H,4H2,1-2H3,(H,12,16,17);1H4/t15-,17+,18+,21+,23+,37-;12-,27-;6-,7-,9-,11-;/m001./s1/i11D,12D2;;3D,4D2;. The second kappa shape index (κ2) is 30.7. The van der Waals surface area contributed by atoms with Crippen LogP contribution in [0.4, 0.5) is 0 Å². The van der Waals surface area contributed by atoms with Crippen molar-refractivity contribution in [2.75, 3.05) is 13.1 Å². The quantitative estimate of drug-likeness (QED) is 0.0233. The first-order valence-electron chi connectivity index (χ1n) is 28.1. The highest BCUT2D eigenvalue weighted by molar-refractivity contribution is 8.56. The van der Waals surface area contributed by atoms with E-state index >= 15 is 0 Å². The molecule has 2 fully saturated rings. The van der Waals surface area contributed by atoms with Crippen LogP contribution < -0.4 is 41.7 Å². The first-order valence-corrected chi connectivity index (χ1v) is 30.8. The van der Waals surface area contributed by atoms with Crippen LogP contribution in [0.1, 0.15) is 94.6 Å². The first-order chi connectivity index (χ1) is 41.4. The molecule has 0 bridgehead atoms. The Bertz CT molecular complexity index is 3740. The fourth-order valence-corrected chi connectivity index (χ4v) is 13.5. The molecule has 3 aromatic carbocycles. The molecule has 0 spiro atoms. The zero-order valence-electron chi connectivity index (χ0n) is 52.4. The minimum atomic E-state index is -4.81. The maximum Gasteiger partial charge on any atom is 0.459 e. The highest BCUT2D eigenvalue weighted by atomic mass is 35.5. The van der Waals surface area contributed by atoms with Crippen LogP contribution in [0.5, 0.6) is 11.5 Å². The molecule has 4 heterocycles. The Labute approximate surface area is 516 Å². The van der Waals surface area contributed by atoms with E-state index in [4.69, 9.17) is 75.5 Å². The van der Waals surface area contributed by atoms with E-state index in [1.165, 1.54) is 45.0 Å². The fourth-order valence-electron chi connectivity index (χ4n) is 7.30. The van der Waals surface area contributed by atoms with Gasteiger partial charge in [-0.25, -0.2) is 23.8 Å². The molecule has 0 radical (unpaired) electrons. The highest BCUT2D eigenvalue weighted by Gasteiger charge is 2.55. The maximum atomic E-state index is 13.8. The van der Waals surface area contributed by atoms with Crippen LogP contribution in [0.25, 0.3) is 0 Å². The van der Waals surface area contributed by atoms with Gasteiger partial charge in [0.2, 0.25) is 0 Å². The van der Waals surface area contributed by atoms with Gasteiger partial charge >= 0.3 is 37.8 Å². The summed E-state index contributed by atoms with van der Waals surface area (Å²) in [6.07, 6.45) is -13.5. The number of hydrogen-bond donors (Lipinski definition) is 9. The van der Waals surface area contributed by atoms with Crippen LogP contribution in [-0.2, 0) is 42.2 Å². The minimum Gasteiger partial charge on any atom is -0.462 e. The number of hydrogen-bond acceptors (Lipinski definition) is 21. The SMILES string of the molecule is C.CC(C)OC(=O)[C@H](C)N[P@](=O)(Oc1ccccc1)Sc1cc(Cl)c(Cl)cc1Cl.[2H]c1c(C)c(=O)[nH]c(=O)n1[C@@H]1O[C@H](C([2H])([2H])O)[C@@H](O)[C@@]1(C)O.[2H]c1c(C)c(=O)[nH]c(=O)n1[C@@H]1O[C@H](C([2H])([2H])O[P@@](=O)(N[C@@H](C)C(=O)OC(C)C)Oc2ccccc2)[C@@H](O)[C@@]1(C)O. The normalized spacial score (nSPS) is 25.2. The van der Waals surface area contributed by atoms with Gasteiger partial charge in [0.15, 0.2) is 12.5 Å². The third-order valence-electron chi connectivity index (χ3n) is 11.6. The van der Waals surface area contributed by atoms with Gasteiger partial charge < -0.3 is 53.5 Å². The third-order valence-corrected chi connectivity index (χ3v) is 18.0. The number of carbonyl (C=O) groups is 2. The van der Waals surface area contributed by atoms with Gasteiger partial charge in [0.05, 0.1) is 48.6 Å². The second-order valence-corrected chi connectivity index (χ2v) is 26.4. The number of aromatic amines is 2. The molecule has 12 atom stereocenters. The number of halogens is 3. The summed E-state index contributed by atoms with van der Waals surface area (Å²) in [6.45, 7) is 4.20. The molecule has 32 heteroatoms. The molecule has 470 valence electrons. The van der Waals surface area contributed by atoms with E-state index in [0.29, 0.717) is 19.8 Å². The van der Waals surface area contributed by atoms with E-state index in [-0.39, 0.29) is 45.5 Å². The molecule has 2 aliphatic heterocycles. The maximum absolute atomic E-state index is 13.8. The summed E-state index contributed by atoms with van der Waals surface area (Å²) in [4.78, 5) is 76.6. The van der Waals surface area contributed by atoms with Crippen LogP contribution in [-0.4, -0.2) is 130 Å². The van der Waals surface area contributed by atoms with Crippen molar-refractivity contribution in [2.24, 2.45) is 0 Å². The van der Waals surface area contributed by atoms with Gasteiger partial charge in [-0.1, -0.05) is 78.6 Å². The van der Waals surface area contributed by atoms with Crippen molar-refractivity contribution < 1.29 is 85.0 Å². The minimum absolute atomic E-state index is 0. The molecule has 2 aromatic heterocycles. The Kier molecular flexibility index (Phi) is 22.7. The number of H-pyrrole nitrogens is 2. The summed E-state index contributed by atoms with van der Waals surface area (Å²) in [5, 5.41) is 57.4. The summed E-state index contributed by atoms with van der Waals surface area (Å²) in [5.74, 6) is -1.04. The van der Waals surface area contributed by atoms with Crippen molar-refractivity contribution >= 4 is 72.6 Å². The van der Waals surface area contributed by atoms with Gasteiger partial charge in [0, 0.05) is 28.4 Å². The van der Waals surface area contributed by atoms with Crippen molar-refractivity contribution in [1.82, 2.24) is 29.3 Å². The lowest BCUT2D eigenvalue weighted by Crippen LogP contribution is -2.47. The molecule has 9 N–H and O–H groups in total. The number of aromatic nitrogens is 4. The Morgan fingerprint density at radius 3 is 1.56 bits per heavy atom. The van der Waals surface area contributed by atoms with Crippen LogP contribution in [0.3, 0.4) is 0 Å². The lowest BCUT2D eigenvalue weighted by Gasteiger charge is -2.27. The van der Waals surface area contributed by atoms with E-state index < -0.39 is 141 Å². The Hall–Kier alpha value is -5.16. The highest BCUT2D eigenvalue weighted by Crippen LogP contribution is 2.61. The predicted octanol–water partition coefficient (Wildman–Crippen LogP) is 6.33. The molecular weight excluding hydrogens is 1240 g/mol. The van der Waals surface area contributed by atoms with Crippen LogP contribution in [0, 0.1) is 13.8 Å². The van der Waals surface area contributed by atoms with Crippen LogP contribution in [0.2, 0.25) is 15.1 Å². The number of esters is 2.